The average molecular weight is 435 g/mol. The minimum Gasteiger partial charge on any atom is -0.484 e. The van der Waals surface area contributed by atoms with E-state index >= 15 is 0 Å². The van der Waals surface area contributed by atoms with Crippen LogP contribution in [0.4, 0.5) is 0 Å². The molecular formula is C24H19ClN2O4. The lowest BCUT2D eigenvalue weighted by molar-refractivity contribution is -0.123. The van der Waals surface area contributed by atoms with E-state index in [-0.39, 0.29) is 17.9 Å². The summed E-state index contributed by atoms with van der Waals surface area (Å²) in [5, 5.41) is 3.81. The third-order valence-corrected chi connectivity index (χ3v) is 5.03. The minimum atomic E-state index is -0.257. The topological polar surface area (TPSA) is 81.4 Å². The van der Waals surface area contributed by atoms with E-state index in [4.69, 9.17) is 20.8 Å². The molecule has 156 valence electrons. The Labute approximate surface area is 183 Å². The molecule has 0 aliphatic carbocycles. The Bertz CT molecular complexity index is 1280. The van der Waals surface area contributed by atoms with Crippen molar-refractivity contribution in [1.82, 2.24) is 10.3 Å². The van der Waals surface area contributed by atoms with Crippen LogP contribution in [0.15, 0.2) is 76.2 Å². The monoisotopic (exact) mass is 434 g/mol. The van der Waals surface area contributed by atoms with E-state index in [0.29, 0.717) is 39.6 Å². The number of ether oxygens (including phenoxy) is 1. The molecule has 4 aromatic rings. The number of aryl methyl sites for hydroxylation is 1. The van der Waals surface area contributed by atoms with Crippen molar-refractivity contribution in [2.45, 2.75) is 13.5 Å². The number of pyridine rings is 1. The Balaban J connectivity index is 1.49. The number of nitrogens with zero attached hydrogens (tertiary/aromatic N) is 1. The number of carbonyl (C=O) groups is 1. The van der Waals surface area contributed by atoms with Gasteiger partial charge < -0.3 is 14.5 Å². The summed E-state index contributed by atoms with van der Waals surface area (Å²) in [6, 6.07) is 15.6. The second-order valence-corrected chi connectivity index (χ2v) is 7.38. The van der Waals surface area contributed by atoms with Gasteiger partial charge in [0, 0.05) is 30.0 Å². The zero-order valence-electron chi connectivity index (χ0n) is 16.7. The molecule has 0 unspecified atom stereocenters. The van der Waals surface area contributed by atoms with E-state index in [2.05, 4.69) is 10.3 Å². The predicted molar refractivity (Wildman–Crippen MR) is 119 cm³/mol. The fourth-order valence-corrected chi connectivity index (χ4v) is 3.35. The number of benzene rings is 2. The summed E-state index contributed by atoms with van der Waals surface area (Å²) < 4.78 is 11.5. The molecule has 0 spiro atoms. The van der Waals surface area contributed by atoms with Crippen molar-refractivity contribution < 1.29 is 13.9 Å². The highest BCUT2D eigenvalue weighted by atomic mass is 35.5. The summed E-state index contributed by atoms with van der Waals surface area (Å²) in [7, 11) is 0. The number of hydrogen-bond acceptors (Lipinski definition) is 5. The van der Waals surface area contributed by atoms with Crippen LogP contribution in [-0.4, -0.2) is 17.5 Å². The molecule has 0 radical (unpaired) electrons. The maximum atomic E-state index is 13.0. The van der Waals surface area contributed by atoms with Crippen LogP contribution < -0.4 is 15.5 Å². The normalized spacial score (nSPS) is 10.8. The van der Waals surface area contributed by atoms with Gasteiger partial charge in [0.2, 0.25) is 5.43 Å². The lowest BCUT2D eigenvalue weighted by Gasteiger charge is -2.10. The summed E-state index contributed by atoms with van der Waals surface area (Å²) in [5.74, 6) is 0.674. The van der Waals surface area contributed by atoms with E-state index in [9.17, 15) is 9.59 Å². The molecule has 2 aromatic heterocycles. The highest BCUT2D eigenvalue weighted by Gasteiger charge is 2.14. The molecule has 1 N–H and O–H groups in total. The number of hydrogen-bond donors (Lipinski definition) is 1. The van der Waals surface area contributed by atoms with Gasteiger partial charge in [-0.15, -0.1) is 0 Å². The van der Waals surface area contributed by atoms with Gasteiger partial charge in [-0.2, -0.15) is 0 Å². The van der Waals surface area contributed by atoms with Crippen LogP contribution in [0.25, 0.3) is 22.1 Å². The summed E-state index contributed by atoms with van der Waals surface area (Å²) >= 11 is 5.95. The molecule has 6 nitrogen and oxygen atoms in total. The van der Waals surface area contributed by atoms with Crippen LogP contribution in [0.1, 0.15) is 11.3 Å². The van der Waals surface area contributed by atoms with Crippen molar-refractivity contribution in [3.63, 3.8) is 0 Å². The van der Waals surface area contributed by atoms with Gasteiger partial charge in [-0.05, 0) is 54.4 Å². The molecule has 4 rings (SSSR count). The predicted octanol–water partition coefficient (Wildman–Crippen LogP) is 4.51. The molecule has 7 heteroatoms. The Hall–Kier alpha value is -3.64. The lowest BCUT2D eigenvalue weighted by atomic mass is 10.0. The second kappa shape index (κ2) is 9.02. The number of rotatable bonds is 6. The van der Waals surface area contributed by atoms with E-state index < -0.39 is 0 Å². The first-order valence-electron chi connectivity index (χ1n) is 9.63. The average Bonchev–Trinajstić information content (AvgIpc) is 2.78. The first-order chi connectivity index (χ1) is 15.0. The van der Waals surface area contributed by atoms with Crippen molar-refractivity contribution >= 4 is 28.5 Å². The zero-order chi connectivity index (χ0) is 21.8. The summed E-state index contributed by atoms with van der Waals surface area (Å²) in [6.07, 6.45) is 3.34. The Morgan fingerprint density at radius 3 is 2.58 bits per heavy atom. The molecule has 0 aliphatic heterocycles. The summed E-state index contributed by atoms with van der Waals surface area (Å²) in [5.41, 5.74) is 2.44. The summed E-state index contributed by atoms with van der Waals surface area (Å²) in [6.45, 7) is 1.98. The number of amides is 1. The van der Waals surface area contributed by atoms with Gasteiger partial charge in [-0.3, -0.25) is 14.6 Å². The quantitative estimate of drug-likeness (QED) is 0.482. The highest BCUT2D eigenvalue weighted by molar-refractivity contribution is 6.30. The first kappa shape index (κ1) is 20.6. The largest absolute Gasteiger partial charge is 0.484 e. The zero-order valence-corrected chi connectivity index (χ0v) is 17.5. The summed E-state index contributed by atoms with van der Waals surface area (Å²) in [4.78, 5) is 29.0. The van der Waals surface area contributed by atoms with Crippen molar-refractivity contribution in [1.29, 1.82) is 0 Å². The number of fused-ring (bicyclic) bond motifs is 1. The first-order valence-corrected chi connectivity index (χ1v) is 10.0. The van der Waals surface area contributed by atoms with Crippen molar-refractivity contribution in [3.8, 4) is 16.9 Å². The van der Waals surface area contributed by atoms with Gasteiger partial charge in [0.1, 0.15) is 17.1 Å². The van der Waals surface area contributed by atoms with Crippen LogP contribution >= 0.6 is 11.6 Å². The third-order valence-electron chi connectivity index (χ3n) is 4.78. The van der Waals surface area contributed by atoms with Crippen LogP contribution in [0, 0.1) is 6.92 Å². The van der Waals surface area contributed by atoms with Gasteiger partial charge >= 0.3 is 0 Å². The highest BCUT2D eigenvalue weighted by Crippen LogP contribution is 2.27. The molecular weight excluding hydrogens is 416 g/mol. The fraction of sp³-hybridized carbons (Fsp3) is 0.125. The van der Waals surface area contributed by atoms with Crippen LogP contribution in [0.2, 0.25) is 5.02 Å². The number of halogens is 1. The molecule has 0 bridgehead atoms. The molecule has 2 aromatic carbocycles. The standard InChI is InChI=1S/C24H19ClN2O4/c1-15-23(17-2-4-18(25)5-3-17)24(29)20-7-6-19(12-21(20)31-15)30-14-22(28)27-13-16-8-10-26-11-9-16/h2-12H,13-14H2,1H3,(H,27,28). The van der Waals surface area contributed by atoms with Crippen molar-refractivity contribution in [3.05, 3.63) is 93.6 Å². The Morgan fingerprint density at radius 1 is 1.10 bits per heavy atom. The molecule has 0 aliphatic rings. The molecule has 0 saturated carbocycles. The molecule has 0 fully saturated rings. The van der Waals surface area contributed by atoms with E-state index in [1.807, 2.05) is 12.1 Å². The van der Waals surface area contributed by atoms with Crippen molar-refractivity contribution in [2.75, 3.05) is 6.61 Å². The maximum Gasteiger partial charge on any atom is 0.258 e. The van der Waals surface area contributed by atoms with E-state index in [1.54, 1.807) is 61.8 Å². The SMILES string of the molecule is Cc1oc2cc(OCC(=O)NCc3ccncc3)ccc2c(=O)c1-c1ccc(Cl)cc1. The number of carbonyl (C=O) groups excluding carboxylic acids is 1. The van der Waals surface area contributed by atoms with Gasteiger partial charge in [-0.1, -0.05) is 23.7 Å². The van der Waals surface area contributed by atoms with Gasteiger partial charge in [-0.25, -0.2) is 0 Å². The van der Waals surface area contributed by atoms with E-state index in [0.717, 1.165) is 11.1 Å². The molecule has 2 heterocycles. The van der Waals surface area contributed by atoms with Gasteiger partial charge in [0.25, 0.3) is 5.91 Å². The smallest absolute Gasteiger partial charge is 0.258 e. The van der Waals surface area contributed by atoms with E-state index in [1.165, 1.54) is 0 Å². The molecule has 1 amide bonds. The molecule has 0 saturated heterocycles. The third kappa shape index (κ3) is 4.75. The van der Waals surface area contributed by atoms with Gasteiger partial charge in [0.05, 0.1) is 10.9 Å². The lowest BCUT2D eigenvalue weighted by Crippen LogP contribution is -2.28. The molecule has 31 heavy (non-hydrogen) atoms. The minimum absolute atomic E-state index is 0.136. The van der Waals surface area contributed by atoms with Gasteiger partial charge in [0.15, 0.2) is 6.61 Å². The second-order valence-electron chi connectivity index (χ2n) is 6.95. The fourth-order valence-electron chi connectivity index (χ4n) is 3.23. The number of aromatic nitrogens is 1. The Morgan fingerprint density at radius 2 is 1.84 bits per heavy atom. The van der Waals surface area contributed by atoms with Crippen LogP contribution in [0.3, 0.4) is 0 Å². The van der Waals surface area contributed by atoms with Crippen LogP contribution in [0.5, 0.6) is 5.75 Å². The molecule has 0 atom stereocenters. The number of nitrogens with one attached hydrogen (secondary N) is 1. The van der Waals surface area contributed by atoms with Crippen molar-refractivity contribution in [2.24, 2.45) is 0 Å². The maximum absolute atomic E-state index is 13.0. The van der Waals surface area contributed by atoms with Crippen LogP contribution in [-0.2, 0) is 11.3 Å². The Kier molecular flexibility index (Phi) is 6.00.